The van der Waals surface area contributed by atoms with Gasteiger partial charge in [0.15, 0.2) is 4.30 Å². The maximum Gasteiger partial charge on any atom is 0.341 e. The minimum atomic E-state index is -0.750. The summed E-state index contributed by atoms with van der Waals surface area (Å²) < 4.78 is 20.6. The van der Waals surface area contributed by atoms with Crippen LogP contribution in [0.3, 0.4) is 0 Å². The third kappa shape index (κ3) is 8.12. The number of esters is 1. The predicted molar refractivity (Wildman–Crippen MR) is 128 cm³/mol. The zero-order valence-electron chi connectivity index (χ0n) is 17.9. The van der Waals surface area contributed by atoms with E-state index in [9.17, 15) is 10.1 Å². The molecule has 34 heavy (non-hydrogen) atoms. The molecule has 0 bridgehead atoms. The molecule has 0 fully saturated rings. The fraction of sp³-hybridized carbons (Fsp3) is 0.130. The van der Waals surface area contributed by atoms with Gasteiger partial charge >= 0.3 is 5.97 Å². The van der Waals surface area contributed by atoms with E-state index < -0.39 is 10.3 Å². The number of nitrogens with zero attached hydrogens (tertiary/aromatic N) is 3. The Morgan fingerprint density at radius 3 is 2.12 bits per heavy atom. The van der Waals surface area contributed by atoms with Crippen LogP contribution in [0.2, 0.25) is 0 Å². The van der Waals surface area contributed by atoms with E-state index in [-0.39, 0.29) is 17.3 Å². The van der Waals surface area contributed by atoms with Crippen LogP contribution in [-0.2, 0) is 14.3 Å². The Labute approximate surface area is 211 Å². The molecule has 0 aliphatic rings. The maximum absolute atomic E-state index is 12.1. The van der Waals surface area contributed by atoms with Gasteiger partial charge in [-0.1, -0.05) is 65.1 Å². The van der Waals surface area contributed by atoms with Crippen molar-refractivity contribution in [2.24, 2.45) is 0 Å². The van der Waals surface area contributed by atoms with Crippen molar-refractivity contribution in [2.75, 3.05) is 14.2 Å². The quantitative estimate of drug-likeness (QED) is 0.159. The Balaban J connectivity index is 0.000000945. The van der Waals surface area contributed by atoms with E-state index in [0.29, 0.717) is 22.6 Å². The number of carbonyl (C=O) groups is 1. The summed E-state index contributed by atoms with van der Waals surface area (Å²) in [5.74, 6) is 0.520. The van der Waals surface area contributed by atoms with Gasteiger partial charge in [-0.15, -0.1) is 0 Å². The number of halogens is 3. The van der Waals surface area contributed by atoms with Gasteiger partial charge in [0.05, 0.1) is 32.1 Å². The van der Waals surface area contributed by atoms with Crippen LogP contribution in [0.1, 0.15) is 11.1 Å². The second-order valence-electron chi connectivity index (χ2n) is 6.01. The van der Waals surface area contributed by atoms with E-state index in [0.717, 1.165) is 0 Å². The lowest BCUT2D eigenvalue weighted by molar-refractivity contribution is -0.133. The normalized spacial score (nSPS) is 10.4. The summed E-state index contributed by atoms with van der Waals surface area (Å²) >= 11 is 14.4. The summed E-state index contributed by atoms with van der Waals surface area (Å²) in [7, 11) is 2.71. The molecule has 0 N–H and O–H groups in total. The molecule has 1 heterocycles. The number of ether oxygens (including phenoxy) is 4. The summed E-state index contributed by atoms with van der Waals surface area (Å²) in [6, 6.07) is 17.2. The van der Waals surface area contributed by atoms with Gasteiger partial charge < -0.3 is 18.9 Å². The second-order valence-corrected chi connectivity index (χ2v) is 7.99. The number of aromatic nitrogens is 2. The zero-order chi connectivity index (χ0) is 24.9. The smallest absolute Gasteiger partial charge is 0.341 e. The highest BCUT2D eigenvalue weighted by Gasteiger charge is 2.18. The van der Waals surface area contributed by atoms with Gasteiger partial charge in [-0.3, -0.25) is 0 Å². The van der Waals surface area contributed by atoms with Crippen molar-refractivity contribution in [3.63, 3.8) is 0 Å². The fourth-order valence-electron chi connectivity index (χ4n) is 2.54. The third-order valence-corrected chi connectivity index (χ3v) is 3.87. The predicted octanol–water partition coefficient (Wildman–Crippen LogP) is 6.08. The Morgan fingerprint density at radius 1 is 0.971 bits per heavy atom. The van der Waals surface area contributed by atoms with E-state index in [2.05, 4.69) is 16.0 Å². The highest BCUT2D eigenvalue weighted by Crippen LogP contribution is 2.32. The standard InChI is InChI=1S/C22H17N3O5.CHCl3/c1-27-13-17(22(26)28-2)16-8-4-6-10-19(16)30-21-11-20(24-14-25-21)29-18-9-5-3-7-15(18)12-23;2-1(3)4/h3-11,13-14H,1-2H3;1H/b17-13+;. The van der Waals surface area contributed by atoms with E-state index in [1.165, 1.54) is 32.9 Å². The number of methoxy groups -OCH3 is 2. The Morgan fingerprint density at radius 2 is 1.53 bits per heavy atom. The first-order valence-electron chi connectivity index (χ1n) is 9.39. The summed E-state index contributed by atoms with van der Waals surface area (Å²) in [6.45, 7) is 0. The summed E-state index contributed by atoms with van der Waals surface area (Å²) in [5.41, 5.74) is 1.02. The molecule has 0 atom stereocenters. The number of benzene rings is 2. The molecule has 0 saturated heterocycles. The number of hydrogen-bond acceptors (Lipinski definition) is 8. The summed E-state index contributed by atoms with van der Waals surface area (Å²) in [4.78, 5) is 20.3. The van der Waals surface area contributed by atoms with Crippen LogP contribution in [0.25, 0.3) is 5.57 Å². The molecule has 3 rings (SSSR count). The van der Waals surface area contributed by atoms with Crippen molar-refractivity contribution < 1.29 is 23.7 Å². The molecule has 176 valence electrons. The van der Waals surface area contributed by atoms with E-state index in [1.54, 1.807) is 48.5 Å². The lowest BCUT2D eigenvalue weighted by Crippen LogP contribution is -2.06. The minimum absolute atomic E-state index is 0.184. The SMILES string of the molecule is CO/C=C(/C(=O)OC)c1ccccc1Oc1cc(Oc2ccccc2C#N)ncn1.ClC(Cl)Cl. The number of para-hydroxylation sites is 2. The molecule has 3 aromatic rings. The highest BCUT2D eigenvalue weighted by atomic mass is 35.6. The molecular weight excluding hydrogens is 505 g/mol. The first-order chi connectivity index (χ1) is 16.4. The maximum atomic E-state index is 12.1. The largest absolute Gasteiger partial charge is 0.503 e. The Hall–Kier alpha value is -3.51. The van der Waals surface area contributed by atoms with Crippen LogP contribution < -0.4 is 9.47 Å². The zero-order valence-corrected chi connectivity index (χ0v) is 20.2. The molecule has 1 aromatic heterocycles. The molecular formula is C23H18Cl3N3O5. The summed E-state index contributed by atoms with van der Waals surface area (Å²) in [5, 5.41) is 9.20. The van der Waals surface area contributed by atoms with Gasteiger partial charge in [0, 0.05) is 5.56 Å². The monoisotopic (exact) mass is 521 g/mol. The number of alkyl halides is 3. The molecule has 0 radical (unpaired) electrons. The van der Waals surface area contributed by atoms with Gasteiger partial charge in [-0.2, -0.15) is 5.26 Å². The van der Waals surface area contributed by atoms with Gasteiger partial charge in [-0.25, -0.2) is 14.8 Å². The lowest BCUT2D eigenvalue weighted by atomic mass is 10.1. The number of rotatable bonds is 7. The molecule has 0 spiro atoms. The van der Waals surface area contributed by atoms with Gasteiger partial charge in [0.25, 0.3) is 0 Å². The number of carbonyl (C=O) groups excluding carboxylic acids is 1. The average molecular weight is 523 g/mol. The minimum Gasteiger partial charge on any atom is -0.503 e. The van der Waals surface area contributed by atoms with Gasteiger partial charge in [-0.05, 0) is 18.2 Å². The Bertz CT molecular complexity index is 1180. The average Bonchev–Trinajstić information content (AvgIpc) is 2.83. The van der Waals surface area contributed by atoms with Crippen molar-refractivity contribution >= 4 is 46.3 Å². The Kier molecular flexibility index (Phi) is 10.9. The highest BCUT2D eigenvalue weighted by molar-refractivity contribution is 6.63. The molecule has 0 aliphatic carbocycles. The molecule has 8 nitrogen and oxygen atoms in total. The molecule has 0 saturated carbocycles. The van der Waals surface area contributed by atoms with Gasteiger partial charge in [0.1, 0.15) is 29.5 Å². The number of hydrogen-bond donors (Lipinski definition) is 0. The molecule has 0 amide bonds. The first-order valence-corrected chi connectivity index (χ1v) is 10.7. The fourth-order valence-corrected chi connectivity index (χ4v) is 2.54. The van der Waals surface area contributed by atoms with Crippen molar-refractivity contribution in [1.29, 1.82) is 5.26 Å². The molecule has 0 unspecified atom stereocenters. The van der Waals surface area contributed by atoms with Crippen LogP contribution in [0.15, 0.2) is 67.2 Å². The number of nitriles is 1. The van der Waals surface area contributed by atoms with Gasteiger partial charge in [0.2, 0.25) is 11.8 Å². The van der Waals surface area contributed by atoms with E-state index >= 15 is 0 Å². The molecule has 11 heteroatoms. The molecule has 0 aliphatic heterocycles. The summed E-state index contributed by atoms with van der Waals surface area (Å²) in [6.07, 6.45) is 2.55. The second kappa shape index (κ2) is 13.9. The van der Waals surface area contributed by atoms with Crippen LogP contribution in [0.5, 0.6) is 23.3 Å². The lowest BCUT2D eigenvalue weighted by Gasteiger charge is -2.12. The van der Waals surface area contributed by atoms with Crippen molar-refractivity contribution in [1.82, 2.24) is 9.97 Å². The third-order valence-electron chi connectivity index (χ3n) is 3.87. The van der Waals surface area contributed by atoms with Crippen molar-refractivity contribution in [2.45, 2.75) is 4.30 Å². The van der Waals surface area contributed by atoms with Crippen LogP contribution >= 0.6 is 34.8 Å². The van der Waals surface area contributed by atoms with Crippen molar-refractivity contribution in [3.05, 3.63) is 78.3 Å². The van der Waals surface area contributed by atoms with E-state index in [4.69, 9.17) is 53.8 Å². The first kappa shape index (κ1) is 26.7. The van der Waals surface area contributed by atoms with E-state index in [1.807, 2.05) is 0 Å². The van der Waals surface area contributed by atoms with Crippen LogP contribution in [-0.4, -0.2) is 34.5 Å². The van der Waals surface area contributed by atoms with Crippen LogP contribution in [0.4, 0.5) is 0 Å². The van der Waals surface area contributed by atoms with Crippen molar-refractivity contribution in [3.8, 4) is 29.3 Å². The topological polar surface area (TPSA) is 104 Å². The van der Waals surface area contributed by atoms with Crippen LogP contribution in [0, 0.1) is 11.3 Å². The molecule has 2 aromatic carbocycles.